The van der Waals surface area contributed by atoms with Crippen LogP contribution in [0.5, 0.6) is 11.5 Å². The van der Waals surface area contributed by atoms with Crippen molar-refractivity contribution in [2.75, 3.05) is 13.2 Å². The van der Waals surface area contributed by atoms with E-state index in [0.29, 0.717) is 40.4 Å². The van der Waals surface area contributed by atoms with Crippen molar-refractivity contribution in [3.63, 3.8) is 0 Å². The van der Waals surface area contributed by atoms with Crippen molar-refractivity contribution in [2.45, 2.75) is 13.1 Å². The number of nitrogens with zero attached hydrogens (tertiary/aromatic N) is 3. The van der Waals surface area contributed by atoms with Crippen LogP contribution in [0.4, 0.5) is 0 Å². The maximum Gasteiger partial charge on any atom is 0.325 e. The number of aromatic nitrogens is 3. The van der Waals surface area contributed by atoms with E-state index in [2.05, 4.69) is 31.6 Å². The minimum Gasteiger partial charge on any atom is -0.486 e. The number of ether oxygens (including phenoxy) is 2. The topological polar surface area (TPSA) is 116 Å². The number of rotatable bonds is 5. The quantitative estimate of drug-likeness (QED) is 0.768. The molecule has 0 radical (unpaired) electrons. The molecule has 3 rings (SSSR count). The number of amides is 1. The van der Waals surface area contributed by atoms with Gasteiger partial charge in [-0.3, -0.25) is 9.59 Å². The molecular weight excluding hydrogens is 384 g/mol. The van der Waals surface area contributed by atoms with Crippen molar-refractivity contribution >= 4 is 27.8 Å². The smallest absolute Gasteiger partial charge is 0.325 e. The molecule has 0 spiro atoms. The molecule has 24 heavy (non-hydrogen) atoms. The molecule has 1 aliphatic rings. The van der Waals surface area contributed by atoms with Crippen molar-refractivity contribution in [3.05, 3.63) is 34.1 Å². The molecule has 10 heteroatoms. The molecule has 0 atom stereocenters. The van der Waals surface area contributed by atoms with Gasteiger partial charge in [0.05, 0.1) is 17.2 Å². The predicted molar refractivity (Wildman–Crippen MR) is 84.0 cm³/mol. The number of benzene rings is 1. The zero-order valence-corrected chi connectivity index (χ0v) is 13.9. The Morgan fingerprint density at radius 3 is 2.92 bits per heavy atom. The van der Waals surface area contributed by atoms with Gasteiger partial charge in [0.2, 0.25) is 0 Å². The number of nitrogens with one attached hydrogen (secondary N) is 1. The number of hydrogen-bond acceptors (Lipinski definition) is 6. The van der Waals surface area contributed by atoms with Gasteiger partial charge < -0.3 is 19.9 Å². The zero-order chi connectivity index (χ0) is 17.1. The van der Waals surface area contributed by atoms with Crippen LogP contribution in [0.1, 0.15) is 16.1 Å². The van der Waals surface area contributed by atoms with E-state index in [1.165, 1.54) is 10.9 Å². The highest BCUT2D eigenvalue weighted by atomic mass is 79.9. The first-order chi connectivity index (χ1) is 11.5. The van der Waals surface area contributed by atoms with Crippen molar-refractivity contribution < 1.29 is 24.2 Å². The van der Waals surface area contributed by atoms with Gasteiger partial charge in [-0.15, -0.1) is 5.10 Å². The van der Waals surface area contributed by atoms with Crippen LogP contribution < -0.4 is 14.8 Å². The number of carboxylic acids is 1. The first-order valence-electron chi connectivity index (χ1n) is 7.01. The van der Waals surface area contributed by atoms with Crippen LogP contribution >= 0.6 is 15.9 Å². The molecule has 2 aromatic rings. The summed E-state index contributed by atoms with van der Waals surface area (Å²) in [6.07, 6.45) is 1.47. The van der Waals surface area contributed by atoms with Crippen LogP contribution in [0, 0.1) is 0 Å². The third-order valence-corrected chi connectivity index (χ3v) is 3.76. The van der Waals surface area contributed by atoms with E-state index in [0.717, 1.165) is 0 Å². The molecule has 0 unspecified atom stereocenters. The second-order valence-corrected chi connectivity index (χ2v) is 5.82. The van der Waals surface area contributed by atoms with Gasteiger partial charge in [-0.25, -0.2) is 4.68 Å². The van der Waals surface area contributed by atoms with Gasteiger partial charge in [-0.2, -0.15) is 0 Å². The van der Waals surface area contributed by atoms with Crippen molar-refractivity contribution in [1.82, 2.24) is 20.3 Å². The molecule has 1 aromatic heterocycles. The van der Waals surface area contributed by atoms with E-state index in [1.54, 1.807) is 12.1 Å². The number of fused-ring (bicyclic) bond motifs is 1. The number of carboxylic acid groups (broad SMARTS) is 1. The first kappa shape index (κ1) is 16.2. The fourth-order valence-corrected chi connectivity index (χ4v) is 2.71. The van der Waals surface area contributed by atoms with E-state index in [4.69, 9.17) is 14.6 Å². The molecule has 0 bridgehead atoms. The van der Waals surface area contributed by atoms with Crippen LogP contribution in [0.2, 0.25) is 0 Å². The highest BCUT2D eigenvalue weighted by molar-refractivity contribution is 9.10. The number of aliphatic carboxylic acids is 1. The Balaban J connectivity index is 1.66. The summed E-state index contributed by atoms with van der Waals surface area (Å²) >= 11 is 3.36. The minimum absolute atomic E-state index is 0.129. The van der Waals surface area contributed by atoms with E-state index in [1.807, 2.05) is 0 Å². The number of halogens is 1. The lowest BCUT2D eigenvalue weighted by Gasteiger charge is -2.20. The van der Waals surface area contributed by atoms with Gasteiger partial charge in [0, 0.05) is 5.56 Å². The number of hydrogen-bond donors (Lipinski definition) is 2. The van der Waals surface area contributed by atoms with Crippen LogP contribution in [0.25, 0.3) is 0 Å². The molecule has 0 fully saturated rings. The molecule has 2 heterocycles. The molecule has 1 aromatic carbocycles. The fraction of sp³-hybridized carbons (Fsp3) is 0.286. The minimum atomic E-state index is -1.02. The summed E-state index contributed by atoms with van der Waals surface area (Å²) in [5.74, 6) is -0.250. The average molecular weight is 397 g/mol. The van der Waals surface area contributed by atoms with Gasteiger partial charge in [0.1, 0.15) is 25.5 Å². The first-order valence-corrected chi connectivity index (χ1v) is 7.80. The molecule has 1 amide bonds. The average Bonchev–Trinajstić information content (AvgIpc) is 2.99. The second-order valence-electron chi connectivity index (χ2n) is 4.97. The third kappa shape index (κ3) is 3.65. The molecule has 9 nitrogen and oxygen atoms in total. The van der Waals surface area contributed by atoms with Gasteiger partial charge >= 0.3 is 5.97 Å². The summed E-state index contributed by atoms with van der Waals surface area (Å²) in [6, 6.07) is 3.25. The summed E-state index contributed by atoms with van der Waals surface area (Å²) in [7, 11) is 0. The summed E-state index contributed by atoms with van der Waals surface area (Å²) in [5, 5.41) is 18.9. The number of carbonyl (C=O) groups excluding carboxylic acids is 1. The SMILES string of the molecule is O=C(O)Cn1cc(CNC(=O)c2cc(Br)c3c(c2)OCCO3)nn1. The molecule has 1 aliphatic heterocycles. The predicted octanol–water partition coefficient (Wildman–Crippen LogP) is 0.826. The van der Waals surface area contributed by atoms with Gasteiger partial charge in [-0.05, 0) is 28.1 Å². The van der Waals surface area contributed by atoms with E-state index in [9.17, 15) is 9.59 Å². The summed E-state index contributed by atoms with van der Waals surface area (Å²) < 4.78 is 12.8. The van der Waals surface area contributed by atoms with Crippen LogP contribution in [-0.2, 0) is 17.9 Å². The lowest BCUT2D eigenvalue weighted by Crippen LogP contribution is -2.24. The van der Waals surface area contributed by atoms with E-state index in [-0.39, 0.29) is 19.0 Å². The lowest BCUT2D eigenvalue weighted by atomic mass is 10.2. The van der Waals surface area contributed by atoms with Gasteiger partial charge in [-0.1, -0.05) is 5.21 Å². The normalized spacial score (nSPS) is 12.7. The van der Waals surface area contributed by atoms with Crippen molar-refractivity contribution in [1.29, 1.82) is 0 Å². The third-order valence-electron chi connectivity index (χ3n) is 3.17. The van der Waals surface area contributed by atoms with Crippen molar-refractivity contribution in [3.8, 4) is 11.5 Å². The fourth-order valence-electron chi connectivity index (χ4n) is 2.15. The Hall–Kier alpha value is -2.62. The molecule has 0 saturated carbocycles. The Morgan fingerprint density at radius 2 is 2.12 bits per heavy atom. The maximum atomic E-state index is 12.3. The van der Waals surface area contributed by atoms with Gasteiger partial charge in [0.25, 0.3) is 5.91 Å². The van der Waals surface area contributed by atoms with Crippen LogP contribution in [0.15, 0.2) is 22.8 Å². The Labute approximate surface area is 144 Å². The molecule has 2 N–H and O–H groups in total. The summed E-state index contributed by atoms with van der Waals surface area (Å²) in [4.78, 5) is 22.9. The Morgan fingerprint density at radius 1 is 1.33 bits per heavy atom. The maximum absolute atomic E-state index is 12.3. The summed E-state index contributed by atoms with van der Waals surface area (Å²) in [5.41, 5.74) is 0.866. The van der Waals surface area contributed by atoms with E-state index >= 15 is 0 Å². The molecule has 126 valence electrons. The van der Waals surface area contributed by atoms with Crippen LogP contribution in [0.3, 0.4) is 0 Å². The lowest BCUT2D eigenvalue weighted by molar-refractivity contribution is -0.137. The standard InChI is InChI=1S/C14H13BrN4O5/c15-10-3-8(4-11-13(10)24-2-1-23-11)14(22)16-5-9-6-19(18-17-9)7-12(20)21/h3-4,6H,1-2,5,7H2,(H,16,22)(H,20,21). The Kier molecular flexibility index (Phi) is 4.65. The van der Waals surface area contributed by atoms with Gasteiger partial charge in [0.15, 0.2) is 11.5 Å². The second kappa shape index (κ2) is 6.87. The summed E-state index contributed by atoms with van der Waals surface area (Å²) in [6.45, 7) is 0.737. The largest absolute Gasteiger partial charge is 0.486 e. The highest BCUT2D eigenvalue weighted by Gasteiger charge is 2.19. The monoisotopic (exact) mass is 396 g/mol. The van der Waals surface area contributed by atoms with Crippen LogP contribution in [-0.4, -0.2) is 45.2 Å². The number of carbonyl (C=O) groups is 2. The zero-order valence-electron chi connectivity index (χ0n) is 12.4. The molecular formula is C14H13BrN4O5. The van der Waals surface area contributed by atoms with Crippen molar-refractivity contribution in [2.24, 2.45) is 0 Å². The molecule has 0 aliphatic carbocycles. The highest BCUT2D eigenvalue weighted by Crippen LogP contribution is 2.38. The molecule has 0 saturated heterocycles. The van der Waals surface area contributed by atoms with E-state index < -0.39 is 5.97 Å². The Bertz CT molecular complexity index is 791.